The number of benzene rings is 1. The fraction of sp³-hybridized carbons (Fsp3) is 0.524. The van der Waals surface area contributed by atoms with Crippen LogP contribution in [0.2, 0.25) is 0 Å². The van der Waals surface area contributed by atoms with Crippen molar-refractivity contribution in [2.45, 2.75) is 58.1 Å². The van der Waals surface area contributed by atoms with Crippen molar-refractivity contribution >= 4 is 17.6 Å². The van der Waals surface area contributed by atoms with Crippen LogP contribution in [0.4, 0.5) is 4.79 Å². The standard InChI is InChI=1S/C21H27NO5/c1-5-26-20(24)27-18-17(16-12-13(2)6-7-14(16)3)19(23)22-21(18)10-8-15(25-4)9-11-21/h6-7,12,15H,5,8-11H2,1-4H3,(H,22,23)/t15-,21-. The molecule has 1 aromatic rings. The third-order valence-corrected chi connectivity index (χ3v) is 5.47. The number of amides is 1. The maximum Gasteiger partial charge on any atom is 0.513 e. The van der Waals surface area contributed by atoms with Crippen molar-refractivity contribution in [1.29, 1.82) is 0 Å². The Kier molecular flexibility index (Phi) is 5.56. The second kappa shape index (κ2) is 7.72. The van der Waals surface area contributed by atoms with E-state index in [0.717, 1.165) is 29.5 Å². The molecule has 1 amide bonds. The highest BCUT2D eigenvalue weighted by atomic mass is 16.7. The average Bonchev–Trinajstić information content (AvgIpc) is 2.89. The summed E-state index contributed by atoms with van der Waals surface area (Å²) in [6.45, 7) is 5.86. The van der Waals surface area contributed by atoms with Gasteiger partial charge in [0.1, 0.15) is 5.76 Å². The molecule has 0 atom stereocenters. The molecule has 0 bridgehead atoms. The van der Waals surface area contributed by atoms with E-state index in [1.165, 1.54) is 0 Å². The lowest BCUT2D eigenvalue weighted by atomic mass is 9.79. The molecule has 27 heavy (non-hydrogen) atoms. The van der Waals surface area contributed by atoms with Crippen LogP contribution < -0.4 is 5.32 Å². The molecular weight excluding hydrogens is 346 g/mol. The highest BCUT2D eigenvalue weighted by Crippen LogP contribution is 2.44. The van der Waals surface area contributed by atoms with Crippen molar-refractivity contribution in [2.75, 3.05) is 13.7 Å². The number of ether oxygens (including phenoxy) is 3. The van der Waals surface area contributed by atoms with E-state index in [-0.39, 0.29) is 18.6 Å². The SMILES string of the molecule is CCOC(=O)OC1=C(c2cc(C)ccc2C)C(=O)N[C@]12CC[C@H](OC)CC2. The lowest BCUT2D eigenvalue weighted by molar-refractivity contribution is -0.116. The van der Waals surface area contributed by atoms with Gasteiger partial charge in [-0.2, -0.15) is 0 Å². The predicted octanol–water partition coefficient (Wildman–Crippen LogP) is 3.65. The molecule has 1 heterocycles. The Morgan fingerprint density at radius 2 is 1.96 bits per heavy atom. The van der Waals surface area contributed by atoms with Crippen molar-refractivity contribution in [3.63, 3.8) is 0 Å². The molecule has 1 saturated carbocycles. The van der Waals surface area contributed by atoms with Gasteiger partial charge in [0, 0.05) is 7.11 Å². The number of hydrogen-bond acceptors (Lipinski definition) is 5. The van der Waals surface area contributed by atoms with Gasteiger partial charge in [-0.3, -0.25) is 4.79 Å². The van der Waals surface area contributed by atoms with Crippen molar-refractivity contribution in [3.8, 4) is 0 Å². The summed E-state index contributed by atoms with van der Waals surface area (Å²) < 4.78 is 16.1. The molecule has 0 saturated heterocycles. The second-order valence-electron chi connectivity index (χ2n) is 7.28. The van der Waals surface area contributed by atoms with Crippen molar-refractivity contribution < 1.29 is 23.8 Å². The molecule has 3 rings (SSSR count). The first-order valence-corrected chi connectivity index (χ1v) is 9.42. The number of hydrogen-bond donors (Lipinski definition) is 1. The van der Waals surface area contributed by atoms with Gasteiger partial charge in [-0.15, -0.1) is 0 Å². The van der Waals surface area contributed by atoms with E-state index in [4.69, 9.17) is 14.2 Å². The first kappa shape index (κ1) is 19.4. The molecule has 1 fully saturated rings. The van der Waals surface area contributed by atoms with Crippen LogP contribution in [0.5, 0.6) is 0 Å². The molecule has 1 N–H and O–H groups in total. The predicted molar refractivity (Wildman–Crippen MR) is 101 cm³/mol. The molecule has 6 nitrogen and oxygen atoms in total. The Morgan fingerprint density at radius 3 is 2.59 bits per heavy atom. The molecule has 0 unspecified atom stereocenters. The Hall–Kier alpha value is -2.34. The van der Waals surface area contributed by atoms with E-state index in [0.29, 0.717) is 24.2 Å². The number of nitrogens with one attached hydrogen (secondary N) is 1. The van der Waals surface area contributed by atoms with Gasteiger partial charge in [0.25, 0.3) is 5.91 Å². The molecule has 2 aliphatic rings. The van der Waals surface area contributed by atoms with Gasteiger partial charge >= 0.3 is 6.16 Å². The van der Waals surface area contributed by atoms with E-state index in [1.807, 2.05) is 32.0 Å². The summed E-state index contributed by atoms with van der Waals surface area (Å²) in [4.78, 5) is 25.1. The van der Waals surface area contributed by atoms with Gasteiger partial charge in [0.05, 0.1) is 23.8 Å². The summed E-state index contributed by atoms with van der Waals surface area (Å²) in [5, 5.41) is 3.11. The molecule has 146 valence electrons. The molecule has 1 aromatic carbocycles. The lowest BCUT2D eigenvalue weighted by Gasteiger charge is -2.37. The topological polar surface area (TPSA) is 73.9 Å². The van der Waals surface area contributed by atoms with Gasteiger partial charge in [-0.1, -0.05) is 23.8 Å². The van der Waals surface area contributed by atoms with Gasteiger partial charge in [0.2, 0.25) is 0 Å². The maximum absolute atomic E-state index is 13.0. The molecule has 1 aliphatic carbocycles. The van der Waals surface area contributed by atoms with Crippen LogP contribution in [0.25, 0.3) is 5.57 Å². The van der Waals surface area contributed by atoms with E-state index in [2.05, 4.69) is 5.32 Å². The number of carbonyl (C=O) groups excluding carboxylic acids is 2. The van der Waals surface area contributed by atoms with Crippen LogP contribution in [-0.4, -0.2) is 37.4 Å². The van der Waals surface area contributed by atoms with Crippen molar-refractivity contribution in [1.82, 2.24) is 5.32 Å². The largest absolute Gasteiger partial charge is 0.513 e. The number of methoxy groups -OCH3 is 1. The third-order valence-electron chi connectivity index (χ3n) is 5.47. The van der Waals surface area contributed by atoms with Gasteiger partial charge in [0.15, 0.2) is 0 Å². The highest BCUT2D eigenvalue weighted by molar-refractivity contribution is 6.23. The Balaban J connectivity index is 2.08. The smallest absolute Gasteiger partial charge is 0.434 e. The minimum Gasteiger partial charge on any atom is -0.434 e. The normalized spacial score (nSPS) is 24.9. The van der Waals surface area contributed by atoms with Gasteiger partial charge < -0.3 is 19.5 Å². The van der Waals surface area contributed by atoms with Crippen LogP contribution in [0.15, 0.2) is 24.0 Å². The Labute approximate surface area is 159 Å². The first-order chi connectivity index (χ1) is 12.9. The molecule has 1 aliphatic heterocycles. The number of aryl methyl sites for hydroxylation is 2. The van der Waals surface area contributed by atoms with Crippen LogP contribution in [0.3, 0.4) is 0 Å². The molecule has 6 heteroatoms. The van der Waals surface area contributed by atoms with Crippen molar-refractivity contribution in [2.24, 2.45) is 0 Å². The summed E-state index contributed by atoms with van der Waals surface area (Å²) in [5.74, 6) is 0.174. The van der Waals surface area contributed by atoms with Crippen LogP contribution in [0.1, 0.15) is 49.3 Å². The minimum atomic E-state index is -0.778. The van der Waals surface area contributed by atoms with E-state index < -0.39 is 11.7 Å². The van der Waals surface area contributed by atoms with E-state index in [1.54, 1.807) is 14.0 Å². The lowest BCUT2D eigenvalue weighted by Crippen LogP contribution is -2.49. The monoisotopic (exact) mass is 373 g/mol. The summed E-state index contributed by atoms with van der Waals surface area (Å²) in [7, 11) is 1.70. The fourth-order valence-electron chi connectivity index (χ4n) is 3.98. The number of carbonyl (C=O) groups is 2. The minimum absolute atomic E-state index is 0.154. The molecule has 0 aromatic heterocycles. The van der Waals surface area contributed by atoms with Crippen LogP contribution in [-0.2, 0) is 19.0 Å². The second-order valence-corrected chi connectivity index (χ2v) is 7.28. The van der Waals surface area contributed by atoms with E-state index in [9.17, 15) is 9.59 Å². The van der Waals surface area contributed by atoms with Gasteiger partial charge in [-0.05, 0) is 57.6 Å². The zero-order valence-electron chi connectivity index (χ0n) is 16.4. The summed E-state index contributed by atoms with van der Waals surface area (Å²) in [5.41, 5.74) is 2.52. The Bertz CT molecular complexity index is 775. The summed E-state index contributed by atoms with van der Waals surface area (Å²) in [6.07, 6.45) is 2.25. The highest BCUT2D eigenvalue weighted by Gasteiger charge is 2.50. The Morgan fingerprint density at radius 1 is 1.26 bits per heavy atom. The first-order valence-electron chi connectivity index (χ1n) is 9.42. The zero-order valence-corrected chi connectivity index (χ0v) is 16.4. The number of rotatable bonds is 4. The molecule has 1 spiro atoms. The van der Waals surface area contributed by atoms with Crippen LogP contribution in [0, 0.1) is 13.8 Å². The van der Waals surface area contributed by atoms with Crippen LogP contribution >= 0.6 is 0 Å². The average molecular weight is 373 g/mol. The third kappa shape index (κ3) is 3.72. The summed E-state index contributed by atoms with van der Waals surface area (Å²) >= 11 is 0. The fourth-order valence-corrected chi connectivity index (χ4v) is 3.98. The zero-order chi connectivity index (χ0) is 19.6. The van der Waals surface area contributed by atoms with Crippen molar-refractivity contribution in [3.05, 3.63) is 40.6 Å². The van der Waals surface area contributed by atoms with Gasteiger partial charge in [-0.25, -0.2) is 4.79 Å². The quantitative estimate of drug-likeness (QED) is 0.816. The maximum atomic E-state index is 13.0. The molecule has 0 radical (unpaired) electrons. The summed E-state index contributed by atoms with van der Waals surface area (Å²) in [6, 6.07) is 5.93. The molecular formula is C21H27NO5. The van der Waals surface area contributed by atoms with E-state index >= 15 is 0 Å².